The summed E-state index contributed by atoms with van der Waals surface area (Å²) in [4.78, 5) is 5.21. The first-order valence-electron chi connectivity index (χ1n) is 5.82. The summed E-state index contributed by atoms with van der Waals surface area (Å²) in [5, 5.41) is 1.95. The molecule has 0 aliphatic rings. The van der Waals surface area contributed by atoms with Crippen molar-refractivity contribution in [2.75, 3.05) is 12.9 Å². The maximum atomic E-state index is 12.0. The van der Waals surface area contributed by atoms with Crippen LogP contribution in [0, 0.1) is 0 Å². The number of rotatable bonds is 6. The Morgan fingerprint density at radius 2 is 2.11 bits per heavy atom. The highest BCUT2D eigenvalue weighted by atomic mass is 32.2. The molecule has 2 aromatic heterocycles. The van der Waals surface area contributed by atoms with Gasteiger partial charge in [-0.2, -0.15) is 0 Å². The van der Waals surface area contributed by atoms with Gasteiger partial charge in [0.1, 0.15) is 0 Å². The number of pyridine rings is 1. The van der Waals surface area contributed by atoms with Crippen molar-refractivity contribution >= 4 is 21.2 Å². The molecule has 0 saturated heterocycles. The van der Waals surface area contributed by atoms with Gasteiger partial charge < -0.3 is 4.74 Å². The van der Waals surface area contributed by atoms with Crippen molar-refractivity contribution in [1.82, 2.24) is 4.98 Å². The number of hydrogen-bond donors (Lipinski definition) is 0. The molecule has 0 spiro atoms. The summed E-state index contributed by atoms with van der Waals surface area (Å²) in [5.74, 6) is 0.535. The number of nitrogens with zero attached hydrogens (tertiary/aromatic N) is 1. The SMILES string of the molecule is COc1cccc(CS(=O)(=O)CCc2cccs2)n1. The lowest BCUT2D eigenvalue weighted by Crippen LogP contribution is -2.12. The first-order chi connectivity index (χ1) is 9.09. The van der Waals surface area contributed by atoms with Crippen LogP contribution < -0.4 is 4.74 Å². The van der Waals surface area contributed by atoms with Gasteiger partial charge in [0, 0.05) is 10.9 Å². The molecule has 0 aromatic carbocycles. The van der Waals surface area contributed by atoms with Crippen LogP contribution in [-0.2, 0) is 22.0 Å². The molecule has 102 valence electrons. The van der Waals surface area contributed by atoms with Crippen LogP contribution in [0.3, 0.4) is 0 Å². The molecule has 19 heavy (non-hydrogen) atoms. The molecule has 2 heterocycles. The summed E-state index contributed by atoms with van der Waals surface area (Å²) in [6.07, 6.45) is 0.559. The first kappa shape index (κ1) is 14.0. The number of thiophene rings is 1. The van der Waals surface area contributed by atoms with Crippen molar-refractivity contribution in [3.8, 4) is 5.88 Å². The van der Waals surface area contributed by atoms with E-state index in [1.54, 1.807) is 29.5 Å². The molecule has 0 N–H and O–H groups in total. The Kier molecular flexibility index (Phi) is 4.55. The fourth-order valence-corrected chi connectivity index (χ4v) is 3.78. The molecule has 4 nitrogen and oxygen atoms in total. The highest BCUT2D eigenvalue weighted by molar-refractivity contribution is 7.90. The van der Waals surface area contributed by atoms with E-state index in [2.05, 4.69) is 4.98 Å². The molecule has 0 fully saturated rings. The van der Waals surface area contributed by atoms with Crippen LogP contribution in [-0.4, -0.2) is 26.3 Å². The Bertz CT molecular complexity index is 621. The summed E-state index contributed by atoms with van der Waals surface area (Å²) in [6.45, 7) is 0. The maximum absolute atomic E-state index is 12.0. The molecule has 2 aromatic rings. The Labute approximate surface area is 117 Å². The second-order valence-corrected chi connectivity index (χ2v) is 7.31. The second-order valence-electron chi connectivity index (χ2n) is 4.09. The average molecular weight is 297 g/mol. The third kappa shape index (κ3) is 4.33. The van der Waals surface area contributed by atoms with E-state index in [1.165, 1.54) is 7.11 Å². The largest absolute Gasteiger partial charge is 0.481 e. The number of hydrogen-bond acceptors (Lipinski definition) is 5. The van der Waals surface area contributed by atoms with E-state index < -0.39 is 9.84 Å². The zero-order chi connectivity index (χ0) is 13.7. The number of methoxy groups -OCH3 is 1. The Hall–Kier alpha value is -1.40. The average Bonchev–Trinajstić information content (AvgIpc) is 2.89. The topological polar surface area (TPSA) is 56.3 Å². The third-order valence-corrected chi connectivity index (χ3v) is 5.10. The lowest BCUT2D eigenvalue weighted by molar-refractivity contribution is 0.396. The van der Waals surface area contributed by atoms with Crippen LogP contribution in [0.1, 0.15) is 10.6 Å². The Morgan fingerprint density at radius 3 is 2.79 bits per heavy atom. The summed E-state index contributed by atoms with van der Waals surface area (Å²) in [5.41, 5.74) is 0.519. The van der Waals surface area contributed by atoms with Crippen LogP contribution in [0.25, 0.3) is 0 Å². The fraction of sp³-hybridized carbons (Fsp3) is 0.308. The van der Waals surface area contributed by atoms with Crippen molar-refractivity contribution < 1.29 is 13.2 Å². The van der Waals surface area contributed by atoms with Gasteiger partial charge in [-0.3, -0.25) is 0 Å². The number of ether oxygens (including phenoxy) is 1. The smallest absolute Gasteiger partial charge is 0.213 e. The summed E-state index contributed by atoms with van der Waals surface area (Å²) >= 11 is 1.58. The van der Waals surface area contributed by atoms with E-state index >= 15 is 0 Å². The second kappa shape index (κ2) is 6.16. The van der Waals surface area contributed by atoms with Crippen molar-refractivity contribution in [2.45, 2.75) is 12.2 Å². The minimum absolute atomic E-state index is 0.0461. The van der Waals surface area contributed by atoms with Gasteiger partial charge in [-0.1, -0.05) is 12.1 Å². The van der Waals surface area contributed by atoms with Crippen molar-refractivity contribution in [2.24, 2.45) is 0 Å². The molecule has 6 heteroatoms. The molecule has 0 saturated carbocycles. The molecule has 0 aliphatic carbocycles. The Balaban J connectivity index is 2.00. The summed E-state index contributed by atoms with van der Waals surface area (Å²) < 4.78 is 29.0. The predicted octanol–water partition coefficient (Wildman–Crippen LogP) is 2.31. The molecule has 0 bridgehead atoms. The van der Waals surface area contributed by atoms with Gasteiger partial charge in [0.25, 0.3) is 0 Å². The minimum atomic E-state index is -3.15. The van der Waals surface area contributed by atoms with Crippen molar-refractivity contribution in [3.63, 3.8) is 0 Å². The quantitative estimate of drug-likeness (QED) is 0.821. The highest BCUT2D eigenvalue weighted by Gasteiger charge is 2.14. The fourth-order valence-electron chi connectivity index (χ4n) is 1.66. The lowest BCUT2D eigenvalue weighted by atomic mass is 10.4. The van der Waals surface area contributed by atoms with Gasteiger partial charge in [-0.25, -0.2) is 13.4 Å². The zero-order valence-electron chi connectivity index (χ0n) is 10.6. The van der Waals surface area contributed by atoms with Gasteiger partial charge in [0.05, 0.1) is 24.3 Å². The van der Waals surface area contributed by atoms with Gasteiger partial charge in [-0.15, -0.1) is 11.3 Å². The van der Waals surface area contributed by atoms with Crippen LogP contribution in [0.5, 0.6) is 5.88 Å². The monoisotopic (exact) mass is 297 g/mol. The molecule has 2 rings (SSSR count). The van der Waals surface area contributed by atoms with E-state index in [9.17, 15) is 8.42 Å². The predicted molar refractivity (Wildman–Crippen MR) is 76.3 cm³/mol. The molecular formula is C13H15NO3S2. The third-order valence-electron chi connectivity index (χ3n) is 2.60. The lowest BCUT2D eigenvalue weighted by Gasteiger charge is -2.05. The molecule has 0 unspecified atom stereocenters. The van der Waals surface area contributed by atoms with Gasteiger partial charge in [0.15, 0.2) is 9.84 Å². The van der Waals surface area contributed by atoms with E-state index in [0.29, 0.717) is 18.0 Å². The first-order valence-corrected chi connectivity index (χ1v) is 8.52. The van der Waals surface area contributed by atoms with Crippen LogP contribution >= 0.6 is 11.3 Å². The number of sulfone groups is 1. The van der Waals surface area contributed by atoms with Gasteiger partial charge in [0.2, 0.25) is 5.88 Å². The standard InChI is InChI=1S/C13H15NO3S2/c1-17-13-6-2-4-11(14-13)10-19(15,16)9-7-12-5-3-8-18-12/h2-6,8H,7,9-10H2,1H3. The maximum Gasteiger partial charge on any atom is 0.213 e. The zero-order valence-corrected chi connectivity index (χ0v) is 12.2. The van der Waals surface area contributed by atoms with E-state index in [0.717, 1.165) is 4.88 Å². The molecule has 0 aliphatic heterocycles. The van der Waals surface area contributed by atoms with Crippen LogP contribution in [0.15, 0.2) is 35.7 Å². The van der Waals surface area contributed by atoms with Crippen molar-refractivity contribution in [1.29, 1.82) is 0 Å². The van der Waals surface area contributed by atoms with E-state index in [-0.39, 0.29) is 11.5 Å². The summed E-state index contributed by atoms with van der Waals surface area (Å²) in [6, 6.07) is 9.02. The molecular weight excluding hydrogens is 282 g/mol. The van der Waals surface area contributed by atoms with Crippen molar-refractivity contribution in [3.05, 3.63) is 46.3 Å². The van der Waals surface area contributed by atoms with Crippen LogP contribution in [0.2, 0.25) is 0 Å². The molecule has 0 atom stereocenters. The van der Waals surface area contributed by atoms with Crippen LogP contribution in [0.4, 0.5) is 0 Å². The van der Waals surface area contributed by atoms with Gasteiger partial charge in [-0.05, 0) is 23.9 Å². The van der Waals surface area contributed by atoms with E-state index in [4.69, 9.17) is 4.74 Å². The molecule has 0 amide bonds. The summed E-state index contributed by atoms with van der Waals surface area (Å²) in [7, 11) is -1.64. The Morgan fingerprint density at radius 1 is 1.26 bits per heavy atom. The normalized spacial score (nSPS) is 11.4. The number of aromatic nitrogens is 1. The number of aryl methyl sites for hydroxylation is 1. The van der Waals surface area contributed by atoms with Gasteiger partial charge >= 0.3 is 0 Å². The molecule has 0 radical (unpaired) electrons. The highest BCUT2D eigenvalue weighted by Crippen LogP contribution is 2.13. The minimum Gasteiger partial charge on any atom is -0.481 e. The van der Waals surface area contributed by atoms with E-state index in [1.807, 2.05) is 17.5 Å².